The normalized spacial score (nSPS) is 10.2. The zero-order valence-corrected chi connectivity index (χ0v) is 9.89. The van der Waals surface area contributed by atoms with E-state index in [1.165, 1.54) is 11.1 Å². The van der Waals surface area contributed by atoms with Gasteiger partial charge in [-0.15, -0.1) is 0 Å². The number of rotatable bonds is 4. The summed E-state index contributed by atoms with van der Waals surface area (Å²) in [5.74, 6) is 0.195. The first kappa shape index (κ1) is 11.5. The molecule has 0 atom stereocenters. The van der Waals surface area contributed by atoms with Crippen molar-refractivity contribution in [3.8, 4) is 0 Å². The van der Waals surface area contributed by atoms with E-state index >= 15 is 0 Å². The number of ketones is 1. The first-order valence-electron chi connectivity index (χ1n) is 5.80. The fourth-order valence-corrected chi connectivity index (χ4v) is 1.75. The van der Waals surface area contributed by atoms with Crippen molar-refractivity contribution in [3.05, 3.63) is 65.5 Å². The Morgan fingerprint density at radius 1 is 1.00 bits per heavy atom. The monoisotopic (exact) mass is 225 g/mol. The fourth-order valence-electron chi connectivity index (χ4n) is 1.75. The Morgan fingerprint density at radius 3 is 2.18 bits per heavy atom. The number of aromatic nitrogens is 1. The fraction of sp³-hybridized carbons (Fsp3) is 0.200. The minimum atomic E-state index is 0.195. The predicted octanol–water partition coefficient (Wildman–Crippen LogP) is 3.27. The topological polar surface area (TPSA) is 30.0 Å². The molecule has 1 aromatic carbocycles. The van der Waals surface area contributed by atoms with Crippen LogP contribution in [0.4, 0.5) is 0 Å². The Balaban J connectivity index is 2.11. The Kier molecular flexibility index (Phi) is 3.66. The Labute approximate surface area is 101 Å². The average molecular weight is 225 g/mol. The van der Waals surface area contributed by atoms with Crippen LogP contribution in [-0.2, 0) is 6.42 Å². The van der Waals surface area contributed by atoms with Gasteiger partial charge in [-0.25, -0.2) is 0 Å². The van der Waals surface area contributed by atoms with Gasteiger partial charge in [0.05, 0.1) is 0 Å². The highest BCUT2D eigenvalue weighted by atomic mass is 16.1. The largest absolute Gasteiger partial charge is 0.294 e. The van der Waals surface area contributed by atoms with E-state index in [9.17, 15) is 4.79 Å². The Hall–Kier alpha value is -1.96. The molecule has 0 radical (unpaired) electrons. The van der Waals surface area contributed by atoms with Crippen molar-refractivity contribution in [1.82, 2.24) is 4.98 Å². The smallest absolute Gasteiger partial charge is 0.162 e. The van der Waals surface area contributed by atoms with Crippen molar-refractivity contribution in [1.29, 1.82) is 0 Å². The molecule has 0 unspecified atom stereocenters. The van der Waals surface area contributed by atoms with E-state index in [-0.39, 0.29) is 5.78 Å². The molecule has 2 nitrogen and oxygen atoms in total. The van der Waals surface area contributed by atoms with E-state index in [2.05, 4.69) is 4.98 Å². The van der Waals surface area contributed by atoms with Crippen LogP contribution in [0.2, 0.25) is 0 Å². The van der Waals surface area contributed by atoms with Crippen LogP contribution in [0.25, 0.3) is 0 Å². The summed E-state index contributed by atoms with van der Waals surface area (Å²) in [4.78, 5) is 15.5. The van der Waals surface area contributed by atoms with Crippen molar-refractivity contribution in [2.24, 2.45) is 0 Å². The summed E-state index contributed by atoms with van der Waals surface area (Å²) >= 11 is 0. The lowest BCUT2D eigenvalue weighted by Gasteiger charge is -2.03. The summed E-state index contributed by atoms with van der Waals surface area (Å²) in [6.07, 6.45) is 5.03. The lowest BCUT2D eigenvalue weighted by molar-refractivity contribution is 0.0988. The molecule has 0 bridgehead atoms. The Morgan fingerprint density at radius 2 is 1.59 bits per heavy atom. The van der Waals surface area contributed by atoms with Crippen molar-refractivity contribution in [2.75, 3.05) is 0 Å². The molecular weight excluding hydrogens is 210 g/mol. The number of hydrogen-bond acceptors (Lipinski definition) is 2. The maximum absolute atomic E-state index is 11.5. The summed E-state index contributed by atoms with van der Waals surface area (Å²) in [5.41, 5.74) is 3.24. The van der Waals surface area contributed by atoms with Gasteiger partial charge in [-0.2, -0.15) is 0 Å². The molecule has 0 aliphatic heterocycles. The van der Waals surface area contributed by atoms with Crippen molar-refractivity contribution >= 4 is 5.78 Å². The van der Waals surface area contributed by atoms with Crippen LogP contribution in [-0.4, -0.2) is 10.8 Å². The molecule has 1 heterocycles. The van der Waals surface area contributed by atoms with Gasteiger partial charge < -0.3 is 0 Å². The zero-order chi connectivity index (χ0) is 12.1. The molecule has 0 N–H and O–H groups in total. The number of benzene rings is 1. The molecule has 0 saturated heterocycles. The highest BCUT2D eigenvalue weighted by Gasteiger charge is 2.02. The number of carbonyl (C=O) groups is 1. The van der Waals surface area contributed by atoms with E-state index in [4.69, 9.17) is 0 Å². The van der Waals surface area contributed by atoms with Gasteiger partial charge in [0.25, 0.3) is 0 Å². The maximum Gasteiger partial charge on any atom is 0.162 e. The lowest BCUT2D eigenvalue weighted by atomic mass is 10.0. The third kappa shape index (κ3) is 3.00. The van der Waals surface area contributed by atoms with Gasteiger partial charge in [0.1, 0.15) is 0 Å². The van der Waals surface area contributed by atoms with Gasteiger partial charge >= 0.3 is 0 Å². The molecule has 0 aliphatic carbocycles. The molecule has 0 fully saturated rings. The summed E-state index contributed by atoms with van der Waals surface area (Å²) in [6, 6.07) is 11.9. The molecule has 86 valence electrons. The third-order valence-electron chi connectivity index (χ3n) is 2.75. The Bertz CT molecular complexity index is 488. The average Bonchev–Trinajstić information content (AvgIpc) is 2.40. The van der Waals surface area contributed by atoms with Gasteiger partial charge in [0.2, 0.25) is 0 Å². The molecule has 2 aromatic rings. The van der Waals surface area contributed by atoms with Gasteiger partial charge in [-0.05, 0) is 29.7 Å². The number of nitrogens with zero attached hydrogens (tertiary/aromatic N) is 1. The third-order valence-corrected chi connectivity index (χ3v) is 2.75. The molecule has 17 heavy (non-hydrogen) atoms. The zero-order valence-electron chi connectivity index (χ0n) is 9.89. The minimum absolute atomic E-state index is 0.195. The van der Waals surface area contributed by atoms with Crippen molar-refractivity contribution in [3.63, 3.8) is 0 Å². The number of pyridine rings is 1. The van der Waals surface area contributed by atoms with Crippen LogP contribution in [0.5, 0.6) is 0 Å². The van der Waals surface area contributed by atoms with E-state index in [0.29, 0.717) is 6.42 Å². The predicted molar refractivity (Wildman–Crippen MR) is 68.1 cm³/mol. The summed E-state index contributed by atoms with van der Waals surface area (Å²) in [6.45, 7) is 1.88. The number of Topliss-reactive ketones (excluding diaryl/α,β-unsaturated/α-hetero) is 1. The summed E-state index contributed by atoms with van der Waals surface area (Å²) in [5, 5.41) is 0. The minimum Gasteiger partial charge on any atom is -0.294 e. The first-order valence-corrected chi connectivity index (χ1v) is 5.80. The molecule has 2 rings (SSSR count). The van der Waals surface area contributed by atoms with Crippen LogP contribution in [0.1, 0.15) is 34.8 Å². The maximum atomic E-state index is 11.5. The van der Waals surface area contributed by atoms with Crippen LogP contribution in [0.15, 0.2) is 48.8 Å². The SMILES string of the molecule is CCC(=O)c1ccc(Cc2ccncc2)cc1. The molecule has 0 spiro atoms. The second-order valence-electron chi connectivity index (χ2n) is 4.01. The van der Waals surface area contributed by atoms with E-state index in [1.807, 2.05) is 43.3 Å². The number of hydrogen-bond donors (Lipinski definition) is 0. The second-order valence-corrected chi connectivity index (χ2v) is 4.01. The molecule has 1 aromatic heterocycles. The van der Waals surface area contributed by atoms with Crippen molar-refractivity contribution in [2.45, 2.75) is 19.8 Å². The first-order chi connectivity index (χ1) is 8.29. The van der Waals surface area contributed by atoms with Gasteiger partial charge in [0.15, 0.2) is 5.78 Å². The summed E-state index contributed by atoms with van der Waals surface area (Å²) in [7, 11) is 0. The molecule has 0 saturated carbocycles. The van der Waals surface area contributed by atoms with E-state index < -0.39 is 0 Å². The summed E-state index contributed by atoms with van der Waals surface area (Å²) < 4.78 is 0. The highest BCUT2D eigenvalue weighted by Crippen LogP contribution is 2.11. The van der Waals surface area contributed by atoms with Crippen molar-refractivity contribution < 1.29 is 4.79 Å². The number of carbonyl (C=O) groups excluding carboxylic acids is 1. The van der Waals surface area contributed by atoms with Gasteiger partial charge in [-0.3, -0.25) is 9.78 Å². The van der Waals surface area contributed by atoms with Crippen LogP contribution in [0, 0.1) is 0 Å². The van der Waals surface area contributed by atoms with E-state index in [1.54, 1.807) is 12.4 Å². The van der Waals surface area contributed by atoms with Gasteiger partial charge in [-0.1, -0.05) is 31.2 Å². The molecule has 2 heteroatoms. The van der Waals surface area contributed by atoms with Crippen LogP contribution < -0.4 is 0 Å². The van der Waals surface area contributed by atoms with Crippen LogP contribution in [0.3, 0.4) is 0 Å². The standard InChI is InChI=1S/C15H15NO/c1-2-15(17)14-5-3-12(4-6-14)11-13-7-9-16-10-8-13/h3-10H,2,11H2,1H3. The van der Waals surface area contributed by atoms with Gasteiger partial charge in [0, 0.05) is 24.4 Å². The van der Waals surface area contributed by atoms with Crippen LogP contribution >= 0.6 is 0 Å². The molecular formula is C15H15NO. The lowest BCUT2D eigenvalue weighted by Crippen LogP contribution is -1.96. The quantitative estimate of drug-likeness (QED) is 0.747. The van der Waals surface area contributed by atoms with E-state index in [0.717, 1.165) is 12.0 Å². The molecule has 0 amide bonds. The molecule has 0 aliphatic rings. The highest BCUT2D eigenvalue weighted by molar-refractivity contribution is 5.95. The second kappa shape index (κ2) is 5.39.